The Morgan fingerprint density at radius 1 is 0.816 bits per heavy atom. The van der Waals surface area contributed by atoms with E-state index in [1.165, 1.54) is 12.1 Å². The molecule has 1 atom stereocenters. The standard InChI is InChI=1S/C32H33FN2O2S/c1-3-24(2)35(32(37)31(26-11-6-4-7-12-26)27-13-8-5-9-14-27)23-30(36)34(22-29-15-10-20-38-29)21-25-16-18-28(33)19-17-25/h4-20,24,31H,3,21-23H2,1-2H3/t24-/m0/s1. The zero-order valence-corrected chi connectivity index (χ0v) is 22.6. The molecule has 4 aromatic rings. The molecule has 2 amide bonds. The summed E-state index contributed by atoms with van der Waals surface area (Å²) in [4.78, 5) is 32.6. The molecule has 0 fully saturated rings. The van der Waals surface area contributed by atoms with E-state index in [0.717, 1.165) is 28.0 Å². The van der Waals surface area contributed by atoms with E-state index in [9.17, 15) is 14.0 Å². The number of hydrogen-bond donors (Lipinski definition) is 0. The fourth-order valence-corrected chi connectivity index (χ4v) is 5.20. The second kappa shape index (κ2) is 13.2. The van der Waals surface area contributed by atoms with Gasteiger partial charge in [0.05, 0.1) is 12.5 Å². The number of nitrogens with zero attached hydrogens (tertiary/aromatic N) is 2. The van der Waals surface area contributed by atoms with Crippen molar-refractivity contribution in [2.24, 2.45) is 0 Å². The molecule has 0 spiro atoms. The third-order valence-electron chi connectivity index (χ3n) is 6.79. The van der Waals surface area contributed by atoms with Crippen LogP contribution in [0.15, 0.2) is 102 Å². The van der Waals surface area contributed by atoms with Crippen LogP contribution in [0, 0.1) is 5.82 Å². The summed E-state index contributed by atoms with van der Waals surface area (Å²) in [5, 5.41) is 1.98. The molecule has 0 radical (unpaired) electrons. The lowest BCUT2D eigenvalue weighted by molar-refractivity contribution is -0.143. The highest BCUT2D eigenvalue weighted by atomic mass is 32.1. The van der Waals surface area contributed by atoms with Gasteiger partial charge >= 0.3 is 0 Å². The summed E-state index contributed by atoms with van der Waals surface area (Å²) in [5.41, 5.74) is 2.63. The number of benzene rings is 3. The molecule has 4 rings (SSSR count). The van der Waals surface area contributed by atoms with Crippen molar-refractivity contribution < 1.29 is 14.0 Å². The van der Waals surface area contributed by atoms with Crippen LogP contribution in [-0.2, 0) is 22.7 Å². The molecule has 0 N–H and O–H groups in total. The average molecular weight is 529 g/mol. The Morgan fingerprint density at radius 3 is 1.95 bits per heavy atom. The topological polar surface area (TPSA) is 40.6 Å². The van der Waals surface area contributed by atoms with Gasteiger partial charge in [0.2, 0.25) is 11.8 Å². The van der Waals surface area contributed by atoms with E-state index in [4.69, 9.17) is 0 Å². The van der Waals surface area contributed by atoms with Crippen molar-refractivity contribution in [1.29, 1.82) is 0 Å². The first kappa shape index (κ1) is 27.3. The van der Waals surface area contributed by atoms with Crippen LogP contribution in [0.4, 0.5) is 4.39 Å². The van der Waals surface area contributed by atoms with E-state index in [1.807, 2.05) is 92.0 Å². The second-order valence-corrected chi connectivity index (χ2v) is 10.5. The van der Waals surface area contributed by atoms with Gasteiger partial charge < -0.3 is 9.80 Å². The molecule has 196 valence electrons. The number of hydrogen-bond acceptors (Lipinski definition) is 3. The van der Waals surface area contributed by atoms with Gasteiger partial charge in [-0.3, -0.25) is 9.59 Å². The summed E-state index contributed by atoms with van der Waals surface area (Å²) in [6.07, 6.45) is 0.720. The Hall–Kier alpha value is -3.77. The van der Waals surface area contributed by atoms with Gasteiger partial charge in [0, 0.05) is 17.5 Å². The molecule has 0 aliphatic rings. The summed E-state index contributed by atoms with van der Waals surface area (Å²) >= 11 is 1.58. The lowest BCUT2D eigenvalue weighted by Crippen LogP contribution is -2.48. The third-order valence-corrected chi connectivity index (χ3v) is 7.65. The maximum atomic E-state index is 14.2. The highest BCUT2D eigenvalue weighted by molar-refractivity contribution is 7.09. The van der Waals surface area contributed by atoms with Gasteiger partial charge in [0.15, 0.2) is 0 Å². The third kappa shape index (κ3) is 6.95. The van der Waals surface area contributed by atoms with Gasteiger partial charge in [-0.1, -0.05) is 85.8 Å². The molecular formula is C32H33FN2O2S. The Bertz CT molecular complexity index is 1260. The van der Waals surface area contributed by atoms with Crippen LogP contribution in [0.25, 0.3) is 0 Å². The van der Waals surface area contributed by atoms with Gasteiger partial charge in [-0.05, 0) is 53.6 Å². The van der Waals surface area contributed by atoms with Crippen molar-refractivity contribution >= 4 is 23.2 Å². The maximum Gasteiger partial charge on any atom is 0.242 e. The predicted molar refractivity (Wildman–Crippen MR) is 151 cm³/mol. The molecule has 38 heavy (non-hydrogen) atoms. The van der Waals surface area contributed by atoms with Crippen molar-refractivity contribution in [3.63, 3.8) is 0 Å². The molecule has 0 aliphatic carbocycles. The van der Waals surface area contributed by atoms with Gasteiger partial charge in [-0.15, -0.1) is 11.3 Å². The summed E-state index contributed by atoms with van der Waals surface area (Å²) in [6, 6.07) is 29.5. The van der Waals surface area contributed by atoms with Crippen LogP contribution in [0.5, 0.6) is 0 Å². The van der Waals surface area contributed by atoms with Crippen LogP contribution < -0.4 is 0 Å². The summed E-state index contributed by atoms with van der Waals surface area (Å²) in [6.45, 7) is 4.74. The highest BCUT2D eigenvalue weighted by Gasteiger charge is 2.32. The zero-order chi connectivity index (χ0) is 26.9. The fraction of sp³-hybridized carbons (Fsp3) is 0.250. The molecule has 1 aromatic heterocycles. The summed E-state index contributed by atoms with van der Waals surface area (Å²) in [7, 11) is 0. The first-order valence-corrected chi connectivity index (χ1v) is 13.8. The minimum absolute atomic E-state index is 0.0312. The first-order chi connectivity index (χ1) is 18.5. The molecule has 4 nitrogen and oxygen atoms in total. The first-order valence-electron chi connectivity index (χ1n) is 12.9. The highest BCUT2D eigenvalue weighted by Crippen LogP contribution is 2.28. The van der Waals surface area contributed by atoms with Crippen LogP contribution in [0.3, 0.4) is 0 Å². The molecule has 3 aromatic carbocycles. The van der Waals surface area contributed by atoms with Crippen LogP contribution in [0.1, 0.15) is 47.8 Å². The van der Waals surface area contributed by atoms with Gasteiger partial charge in [0.25, 0.3) is 0 Å². The monoisotopic (exact) mass is 528 g/mol. The van der Waals surface area contributed by atoms with Crippen LogP contribution in [0.2, 0.25) is 0 Å². The van der Waals surface area contributed by atoms with E-state index in [-0.39, 0.29) is 30.2 Å². The van der Waals surface area contributed by atoms with Crippen molar-refractivity contribution in [3.8, 4) is 0 Å². The quantitative estimate of drug-likeness (QED) is 0.213. The predicted octanol–water partition coefficient (Wildman–Crippen LogP) is 6.88. The number of halogens is 1. The molecule has 0 saturated heterocycles. The van der Waals surface area contributed by atoms with Crippen molar-refractivity contribution in [2.45, 2.75) is 45.3 Å². The minimum atomic E-state index is -0.512. The molecule has 0 unspecified atom stereocenters. The molecule has 6 heteroatoms. The summed E-state index contributed by atoms with van der Waals surface area (Å²) in [5.74, 6) is -1.06. The van der Waals surface area contributed by atoms with Gasteiger partial charge in [0.1, 0.15) is 12.4 Å². The lowest BCUT2D eigenvalue weighted by atomic mass is 9.89. The average Bonchev–Trinajstić information content (AvgIpc) is 3.46. The number of carbonyl (C=O) groups is 2. The van der Waals surface area contributed by atoms with Crippen molar-refractivity contribution in [2.75, 3.05) is 6.54 Å². The van der Waals surface area contributed by atoms with Crippen molar-refractivity contribution in [1.82, 2.24) is 9.80 Å². The maximum absolute atomic E-state index is 14.2. The Kier molecular flexibility index (Phi) is 9.44. The van der Waals surface area contributed by atoms with E-state index >= 15 is 0 Å². The van der Waals surface area contributed by atoms with Crippen LogP contribution in [-0.4, -0.2) is 34.2 Å². The minimum Gasteiger partial charge on any atom is -0.332 e. The SMILES string of the molecule is CC[C@H](C)N(CC(=O)N(Cc1ccc(F)cc1)Cc1cccs1)C(=O)C(c1ccccc1)c1ccccc1. The van der Waals surface area contributed by atoms with E-state index in [0.29, 0.717) is 13.1 Å². The fourth-order valence-electron chi connectivity index (χ4n) is 4.48. The van der Waals surface area contributed by atoms with E-state index < -0.39 is 5.92 Å². The number of carbonyl (C=O) groups excluding carboxylic acids is 2. The Morgan fingerprint density at radius 2 is 1.42 bits per heavy atom. The molecular weight excluding hydrogens is 495 g/mol. The Balaban J connectivity index is 1.63. The normalized spacial score (nSPS) is 11.8. The zero-order valence-electron chi connectivity index (χ0n) is 21.8. The van der Waals surface area contributed by atoms with Crippen LogP contribution >= 0.6 is 11.3 Å². The van der Waals surface area contributed by atoms with Gasteiger partial charge in [-0.2, -0.15) is 0 Å². The lowest BCUT2D eigenvalue weighted by Gasteiger charge is -2.34. The molecule has 0 saturated carbocycles. The van der Waals surface area contributed by atoms with Crippen molar-refractivity contribution in [3.05, 3.63) is 130 Å². The number of thiophene rings is 1. The van der Waals surface area contributed by atoms with E-state index in [2.05, 4.69) is 0 Å². The number of rotatable bonds is 11. The largest absolute Gasteiger partial charge is 0.332 e. The molecule has 0 aliphatic heterocycles. The molecule has 0 bridgehead atoms. The summed E-state index contributed by atoms with van der Waals surface area (Å²) < 4.78 is 13.5. The second-order valence-electron chi connectivity index (χ2n) is 9.43. The molecule has 1 heterocycles. The van der Waals surface area contributed by atoms with E-state index in [1.54, 1.807) is 33.3 Å². The van der Waals surface area contributed by atoms with Gasteiger partial charge in [-0.25, -0.2) is 4.39 Å². The smallest absolute Gasteiger partial charge is 0.242 e. The number of amides is 2. The Labute approximate surface area is 228 Å².